The van der Waals surface area contributed by atoms with Gasteiger partial charge in [0.05, 0.1) is 26.4 Å². The Morgan fingerprint density at radius 3 is 1.18 bits per heavy atom. The number of nitrogens with zero attached hydrogens (tertiary/aromatic N) is 7. The third kappa shape index (κ3) is 13.6. The van der Waals surface area contributed by atoms with Gasteiger partial charge in [-0.05, 0) is 0 Å². The first-order valence-corrected chi connectivity index (χ1v) is 13.9. The van der Waals surface area contributed by atoms with Crippen molar-refractivity contribution in [2.24, 2.45) is 0 Å². The fourth-order valence-electron chi connectivity index (χ4n) is 2.31. The van der Waals surface area contributed by atoms with Crippen molar-refractivity contribution in [3.05, 3.63) is 17.5 Å². The SMILES string of the molecule is OCCN(CCO)c1nc(C(Cl)(Cl)Cl)nc(C(Cl)(Cl)Cl)n1.OCCNc1nc(NCCO)nc(C(Cl)(Cl)Cl)n1. The lowest BCUT2D eigenvalue weighted by molar-refractivity contribution is 0.280. The number of hydrogen-bond acceptors (Lipinski definition) is 13. The van der Waals surface area contributed by atoms with Crippen molar-refractivity contribution in [3.63, 3.8) is 0 Å². The van der Waals surface area contributed by atoms with Crippen LogP contribution in [0.2, 0.25) is 0 Å². The Morgan fingerprint density at radius 2 is 0.872 bits per heavy atom. The molecule has 0 saturated heterocycles. The van der Waals surface area contributed by atoms with E-state index in [9.17, 15) is 0 Å². The van der Waals surface area contributed by atoms with Gasteiger partial charge >= 0.3 is 0 Å². The fourth-order valence-corrected chi connectivity index (χ4v) is 3.07. The first-order valence-electron chi connectivity index (χ1n) is 10.5. The molecule has 0 bridgehead atoms. The zero-order valence-electron chi connectivity index (χ0n) is 19.5. The first-order chi connectivity index (χ1) is 18.1. The summed E-state index contributed by atoms with van der Waals surface area (Å²) in [4.78, 5) is 25.0. The molecule has 222 valence electrons. The number of aliphatic hydroxyl groups is 4. The minimum atomic E-state index is -1.95. The lowest BCUT2D eigenvalue weighted by atomic mass is 10.5. The molecule has 0 radical (unpaired) electrons. The van der Waals surface area contributed by atoms with E-state index in [1.807, 2.05) is 0 Å². The highest BCUT2D eigenvalue weighted by Gasteiger charge is 2.34. The Bertz CT molecular complexity index is 962. The van der Waals surface area contributed by atoms with Gasteiger partial charge in [0.1, 0.15) is 0 Å². The molecule has 0 aliphatic heterocycles. The van der Waals surface area contributed by atoms with Crippen molar-refractivity contribution in [3.8, 4) is 0 Å². The molecule has 2 aromatic rings. The molecule has 2 aromatic heterocycles. The topological polar surface area (TPSA) is 186 Å². The van der Waals surface area contributed by atoms with Crippen LogP contribution >= 0.6 is 104 Å². The van der Waals surface area contributed by atoms with Crippen molar-refractivity contribution < 1.29 is 20.4 Å². The predicted molar refractivity (Wildman–Crippen MR) is 155 cm³/mol. The molecule has 2 rings (SSSR count). The molecule has 0 aliphatic carbocycles. The van der Waals surface area contributed by atoms with Crippen LogP contribution in [0.15, 0.2) is 0 Å². The molecule has 0 aliphatic rings. The van der Waals surface area contributed by atoms with Crippen LogP contribution in [-0.4, -0.2) is 103 Å². The molecule has 0 saturated carbocycles. The Hall–Kier alpha value is -0.130. The minimum Gasteiger partial charge on any atom is -0.395 e. The maximum Gasteiger partial charge on any atom is 0.250 e. The summed E-state index contributed by atoms with van der Waals surface area (Å²) in [7, 11) is 0. The molecule has 0 aromatic carbocycles. The quantitative estimate of drug-likeness (QED) is 0.185. The van der Waals surface area contributed by atoms with Crippen molar-refractivity contribution in [1.29, 1.82) is 0 Å². The van der Waals surface area contributed by atoms with Crippen molar-refractivity contribution in [2.45, 2.75) is 11.4 Å². The Labute approximate surface area is 268 Å². The zero-order chi connectivity index (χ0) is 29.9. The van der Waals surface area contributed by atoms with Gasteiger partial charge in [0.15, 0.2) is 17.5 Å². The lowest BCUT2D eigenvalue weighted by Gasteiger charge is -2.23. The smallest absolute Gasteiger partial charge is 0.250 e. The van der Waals surface area contributed by atoms with Crippen LogP contribution < -0.4 is 15.5 Å². The Balaban J connectivity index is 0.000000395. The number of aromatic nitrogens is 6. The van der Waals surface area contributed by atoms with Crippen LogP contribution in [0.25, 0.3) is 0 Å². The summed E-state index contributed by atoms with van der Waals surface area (Å²) < 4.78 is -5.69. The van der Waals surface area contributed by atoms with E-state index in [4.69, 9.17) is 125 Å². The van der Waals surface area contributed by atoms with Gasteiger partial charge in [-0.3, -0.25) is 0 Å². The Morgan fingerprint density at radius 1 is 0.513 bits per heavy atom. The highest BCUT2D eigenvalue weighted by molar-refractivity contribution is 6.67. The maximum atomic E-state index is 9.03. The van der Waals surface area contributed by atoms with E-state index in [0.29, 0.717) is 0 Å². The van der Waals surface area contributed by atoms with Crippen molar-refractivity contribution in [2.75, 3.05) is 68.1 Å². The molecule has 0 atom stereocenters. The summed E-state index contributed by atoms with van der Waals surface area (Å²) in [5, 5.41) is 40.9. The number of alkyl halides is 9. The molecule has 22 heteroatoms. The second-order valence-electron chi connectivity index (χ2n) is 6.82. The molecule has 0 spiro atoms. The summed E-state index contributed by atoms with van der Waals surface area (Å²) in [6.45, 7) is 0.163. The second kappa shape index (κ2) is 17.1. The highest BCUT2D eigenvalue weighted by atomic mass is 35.6. The van der Waals surface area contributed by atoms with Crippen LogP contribution in [0.3, 0.4) is 0 Å². The molecule has 2 heterocycles. The summed E-state index contributed by atoms with van der Waals surface area (Å²) in [5.74, 6) is -0.180. The van der Waals surface area contributed by atoms with Gasteiger partial charge in [0.2, 0.25) is 29.2 Å². The molecule has 0 amide bonds. The molecule has 39 heavy (non-hydrogen) atoms. The number of rotatable bonds is 11. The molecule has 6 N–H and O–H groups in total. The summed E-state index contributed by atoms with van der Waals surface area (Å²) in [6.07, 6.45) is 0. The van der Waals surface area contributed by atoms with Gasteiger partial charge in [0, 0.05) is 26.2 Å². The zero-order valence-corrected chi connectivity index (χ0v) is 26.3. The third-order valence-electron chi connectivity index (χ3n) is 3.83. The fraction of sp³-hybridized carbons (Fsp3) is 0.647. The van der Waals surface area contributed by atoms with E-state index in [1.165, 1.54) is 4.90 Å². The van der Waals surface area contributed by atoms with Crippen LogP contribution in [-0.2, 0) is 11.4 Å². The highest BCUT2D eigenvalue weighted by Crippen LogP contribution is 2.40. The van der Waals surface area contributed by atoms with E-state index < -0.39 is 11.4 Å². The normalized spacial score (nSPS) is 12.0. The molecular weight excluding hydrogens is 713 g/mol. The first kappa shape index (κ1) is 36.9. The number of halogens is 9. The van der Waals surface area contributed by atoms with Crippen LogP contribution in [0, 0.1) is 0 Å². The standard InChI is InChI=1S/C9H10Cl6N4O2.C8H12Cl3N5O2/c10-8(11,12)5-16-6(9(13,14)15)18-7(17-5)19(1-3-20)2-4-21;9-8(10,11)5-14-6(12-1-3-17)16-7(15-5)13-2-4-18/h20-21H,1-4H2;17-18H,1-4H2,(H2,12,13,14,15,16). The number of nitrogens with one attached hydrogen (secondary N) is 2. The molecule has 0 unspecified atom stereocenters. The van der Waals surface area contributed by atoms with E-state index in [0.717, 1.165) is 0 Å². The Kier molecular flexibility index (Phi) is 16.2. The van der Waals surface area contributed by atoms with Crippen LogP contribution in [0.5, 0.6) is 0 Å². The van der Waals surface area contributed by atoms with Crippen LogP contribution in [0.1, 0.15) is 17.5 Å². The largest absolute Gasteiger partial charge is 0.395 e. The van der Waals surface area contributed by atoms with Gasteiger partial charge in [-0.2, -0.15) is 24.9 Å². The van der Waals surface area contributed by atoms with Gasteiger partial charge < -0.3 is 36.0 Å². The number of anilines is 3. The summed E-state index contributed by atoms with van der Waals surface area (Å²) >= 11 is 51.5. The van der Waals surface area contributed by atoms with Gasteiger partial charge in [-0.1, -0.05) is 104 Å². The number of hydrogen-bond donors (Lipinski definition) is 6. The van der Waals surface area contributed by atoms with E-state index in [2.05, 4.69) is 40.5 Å². The predicted octanol–water partition coefficient (Wildman–Crippen LogP) is 2.82. The van der Waals surface area contributed by atoms with E-state index >= 15 is 0 Å². The average Bonchev–Trinajstić information content (AvgIpc) is 2.84. The molecular formula is C17H22Cl9N9O4. The van der Waals surface area contributed by atoms with Crippen LogP contribution in [0.4, 0.5) is 17.8 Å². The van der Waals surface area contributed by atoms with Gasteiger partial charge in [-0.25, -0.2) is 4.98 Å². The average molecular weight is 735 g/mol. The summed E-state index contributed by atoms with van der Waals surface area (Å²) in [6, 6.07) is 0. The number of aliphatic hydroxyl groups excluding tert-OH is 4. The van der Waals surface area contributed by atoms with Gasteiger partial charge in [0.25, 0.3) is 0 Å². The second-order valence-corrected chi connectivity index (χ2v) is 13.7. The third-order valence-corrected chi connectivity index (χ3v) is 5.35. The van der Waals surface area contributed by atoms with Crippen molar-refractivity contribution in [1.82, 2.24) is 29.9 Å². The van der Waals surface area contributed by atoms with E-state index in [-0.39, 0.29) is 87.9 Å². The monoisotopic (exact) mass is 731 g/mol. The lowest BCUT2D eigenvalue weighted by Crippen LogP contribution is -2.33. The summed E-state index contributed by atoms with van der Waals surface area (Å²) in [5.41, 5.74) is 0. The molecule has 0 fully saturated rings. The van der Waals surface area contributed by atoms with Crippen molar-refractivity contribution >= 4 is 122 Å². The van der Waals surface area contributed by atoms with E-state index in [1.54, 1.807) is 0 Å². The maximum absolute atomic E-state index is 9.03. The minimum absolute atomic E-state index is 0.00995. The van der Waals surface area contributed by atoms with Gasteiger partial charge in [-0.15, -0.1) is 0 Å². The molecule has 13 nitrogen and oxygen atoms in total.